The fourth-order valence-corrected chi connectivity index (χ4v) is 1.33. The predicted octanol–water partition coefficient (Wildman–Crippen LogP) is 1.92. The fraction of sp³-hybridized carbons (Fsp3) is 0.250. The van der Waals surface area contributed by atoms with E-state index in [9.17, 15) is 4.79 Å². The average Bonchev–Trinajstić information content (AvgIpc) is 2.35. The molecule has 0 saturated heterocycles. The standard InChI is InChI=1S/C12H14O4/c1-14-9-7-11(15-2)10(5-4-6-13)12(8-9)16-3/h4-8H,1-3H3. The van der Waals surface area contributed by atoms with Crippen molar-refractivity contribution in [2.45, 2.75) is 0 Å². The second-order valence-corrected chi connectivity index (χ2v) is 2.94. The van der Waals surface area contributed by atoms with Gasteiger partial charge in [0.05, 0.1) is 26.9 Å². The highest BCUT2D eigenvalue weighted by Gasteiger charge is 2.10. The topological polar surface area (TPSA) is 44.8 Å². The van der Waals surface area contributed by atoms with Crippen molar-refractivity contribution in [2.24, 2.45) is 0 Å². The summed E-state index contributed by atoms with van der Waals surface area (Å²) in [6.07, 6.45) is 3.71. The van der Waals surface area contributed by atoms with Gasteiger partial charge in [-0.05, 0) is 12.2 Å². The van der Waals surface area contributed by atoms with Crippen molar-refractivity contribution in [1.29, 1.82) is 0 Å². The molecule has 0 radical (unpaired) electrons. The predicted molar refractivity (Wildman–Crippen MR) is 61.2 cm³/mol. The summed E-state index contributed by atoms with van der Waals surface area (Å²) in [4.78, 5) is 10.3. The van der Waals surface area contributed by atoms with Gasteiger partial charge < -0.3 is 14.2 Å². The van der Waals surface area contributed by atoms with Gasteiger partial charge in [-0.2, -0.15) is 0 Å². The van der Waals surface area contributed by atoms with Crippen LogP contribution < -0.4 is 14.2 Å². The van der Waals surface area contributed by atoms with Gasteiger partial charge in [0.1, 0.15) is 23.5 Å². The van der Waals surface area contributed by atoms with Gasteiger partial charge in [0.25, 0.3) is 0 Å². The van der Waals surface area contributed by atoms with Crippen LogP contribution in [0.15, 0.2) is 18.2 Å². The first-order valence-corrected chi connectivity index (χ1v) is 4.68. The molecule has 0 N–H and O–H groups in total. The average molecular weight is 222 g/mol. The number of hydrogen-bond acceptors (Lipinski definition) is 4. The number of allylic oxidation sites excluding steroid dienone is 1. The summed E-state index contributed by atoms with van der Waals surface area (Å²) in [7, 11) is 4.66. The molecule has 0 aliphatic rings. The Morgan fingerprint density at radius 3 is 1.94 bits per heavy atom. The molecule has 0 aliphatic carbocycles. The Morgan fingerprint density at radius 2 is 1.56 bits per heavy atom. The van der Waals surface area contributed by atoms with Gasteiger partial charge >= 0.3 is 0 Å². The molecule has 0 aliphatic heterocycles. The van der Waals surface area contributed by atoms with Crippen molar-refractivity contribution in [1.82, 2.24) is 0 Å². The van der Waals surface area contributed by atoms with Crippen molar-refractivity contribution in [2.75, 3.05) is 21.3 Å². The van der Waals surface area contributed by atoms with Crippen LogP contribution in [0.1, 0.15) is 5.56 Å². The molecule has 0 fully saturated rings. The number of benzene rings is 1. The molecule has 0 amide bonds. The highest BCUT2D eigenvalue weighted by atomic mass is 16.5. The van der Waals surface area contributed by atoms with Gasteiger partial charge in [0, 0.05) is 12.1 Å². The monoisotopic (exact) mass is 222 g/mol. The van der Waals surface area contributed by atoms with E-state index in [1.165, 1.54) is 6.08 Å². The summed E-state index contributed by atoms with van der Waals surface area (Å²) in [5.74, 6) is 1.82. The minimum atomic E-state index is 0.592. The van der Waals surface area contributed by atoms with Gasteiger partial charge in [-0.3, -0.25) is 4.79 Å². The lowest BCUT2D eigenvalue weighted by molar-refractivity contribution is -0.104. The summed E-state index contributed by atoms with van der Waals surface area (Å²) in [5.41, 5.74) is 0.706. The van der Waals surface area contributed by atoms with E-state index in [1.54, 1.807) is 39.5 Å². The molecule has 0 saturated carbocycles. The Balaban J connectivity index is 3.30. The lowest BCUT2D eigenvalue weighted by atomic mass is 10.1. The van der Waals surface area contributed by atoms with E-state index in [2.05, 4.69) is 0 Å². The minimum Gasteiger partial charge on any atom is -0.496 e. The molecule has 0 unspecified atom stereocenters. The molecular weight excluding hydrogens is 208 g/mol. The van der Waals surface area contributed by atoms with Crippen LogP contribution in [0.25, 0.3) is 6.08 Å². The van der Waals surface area contributed by atoms with Crippen molar-refractivity contribution in [3.05, 3.63) is 23.8 Å². The molecular formula is C12H14O4. The van der Waals surface area contributed by atoms with Crippen LogP contribution in [0, 0.1) is 0 Å². The number of carbonyl (C=O) groups is 1. The van der Waals surface area contributed by atoms with Crippen LogP contribution >= 0.6 is 0 Å². The number of hydrogen-bond donors (Lipinski definition) is 0. The maximum Gasteiger partial charge on any atom is 0.142 e. The zero-order valence-electron chi connectivity index (χ0n) is 9.52. The number of aldehydes is 1. The number of rotatable bonds is 5. The van der Waals surface area contributed by atoms with E-state index in [4.69, 9.17) is 14.2 Å². The Bertz CT molecular complexity index is 371. The van der Waals surface area contributed by atoms with Crippen molar-refractivity contribution < 1.29 is 19.0 Å². The Hall–Kier alpha value is -1.97. The minimum absolute atomic E-state index is 0.592. The molecule has 1 aromatic carbocycles. The highest BCUT2D eigenvalue weighted by molar-refractivity contribution is 5.78. The van der Waals surface area contributed by atoms with Crippen LogP contribution in [0.2, 0.25) is 0 Å². The van der Waals surface area contributed by atoms with Crippen LogP contribution in [0.4, 0.5) is 0 Å². The molecule has 0 spiro atoms. The normalized spacial score (nSPS) is 10.2. The molecule has 4 nitrogen and oxygen atoms in total. The Kier molecular flexibility index (Phi) is 4.39. The van der Waals surface area contributed by atoms with Crippen molar-refractivity contribution in [3.8, 4) is 17.2 Å². The molecule has 0 aromatic heterocycles. The molecule has 0 bridgehead atoms. The van der Waals surface area contributed by atoms with Crippen molar-refractivity contribution in [3.63, 3.8) is 0 Å². The largest absolute Gasteiger partial charge is 0.496 e. The molecule has 1 rings (SSSR count). The molecule has 0 atom stereocenters. The van der Waals surface area contributed by atoms with Crippen molar-refractivity contribution >= 4 is 12.4 Å². The van der Waals surface area contributed by atoms with Gasteiger partial charge in [0.2, 0.25) is 0 Å². The van der Waals surface area contributed by atoms with Crippen LogP contribution in [-0.4, -0.2) is 27.6 Å². The second-order valence-electron chi connectivity index (χ2n) is 2.94. The zero-order valence-corrected chi connectivity index (χ0v) is 9.52. The highest BCUT2D eigenvalue weighted by Crippen LogP contribution is 2.34. The SMILES string of the molecule is COc1cc(OC)c(C=CC=O)c(OC)c1. The van der Waals surface area contributed by atoms with Crippen LogP contribution in [0.5, 0.6) is 17.2 Å². The van der Waals surface area contributed by atoms with Gasteiger partial charge in [0.15, 0.2) is 0 Å². The van der Waals surface area contributed by atoms with Crippen LogP contribution in [-0.2, 0) is 4.79 Å². The first-order chi connectivity index (χ1) is 7.76. The summed E-state index contributed by atoms with van der Waals surface area (Å²) in [6, 6.07) is 3.46. The third-order valence-corrected chi connectivity index (χ3v) is 2.09. The first-order valence-electron chi connectivity index (χ1n) is 4.68. The third-order valence-electron chi connectivity index (χ3n) is 2.09. The molecule has 0 heterocycles. The quantitative estimate of drug-likeness (QED) is 0.564. The number of ether oxygens (including phenoxy) is 3. The van der Waals surface area contributed by atoms with E-state index in [0.717, 1.165) is 0 Å². The van der Waals surface area contributed by atoms with E-state index >= 15 is 0 Å². The van der Waals surface area contributed by atoms with E-state index in [-0.39, 0.29) is 0 Å². The number of methoxy groups -OCH3 is 3. The van der Waals surface area contributed by atoms with Gasteiger partial charge in [-0.15, -0.1) is 0 Å². The number of carbonyl (C=O) groups excluding carboxylic acids is 1. The van der Waals surface area contributed by atoms with Gasteiger partial charge in [-0.25, -0.2) is 0 Å². The molecule has 4 heteroatoms. The summed E-state index contributed by atoms with van der Waals surface area (Å²) in [6.45, 7) is 0. The summed E-state index contributed by atoms with van der Waals surface area (Å²) in [5, 5.41) is 0. The Labute approximate surface area is 94.4 Å². The maximum atomic E-state index is 10.3. The first kappa shape index (κ1) is 12.1. The lowest BCUT2D eigenvalue weighted by Crippen LogP contribution is -1.94. The fourth-order valence-electron chi connectivity index (χ4n) is 1.33. The Morgan fingerprint density at radius 1 is 1.00 bits per heavy atom. The van der Waals surface area contributed by atoms with E-state index in [0.29, 0.717) is 29.1 Å². The summed E-state index contributed by atoms with van der Waals surface area (Å²) < 4.78 is 15.5. The third kappa shape index (κ3) is 2.53. The van der Waals surface area contributed by atoms with Gasteiger partial charge in [-0.1, -0.05) is 0 Å². The molecule has 16 heavy (non-hydrogen) atoms. The summed E-state index contributed by atoms with van der Waals surface area (Å²) >= 11 is 0. The smallest absolute Gasteiger partial charge is 0.142 e. The maximum absolute atomic E-state index is 10.3. The lowest BCUT2D eigenvalue weighted by Gasteiger charge is -2.12. The molecule has 1 aromatic rings. The van der Waals surface area contributed by atoms with Crippen LogP contribution in [0.3, 0.4) is 0 Å². The second kappa shape index (κ2) is 5.80. The van der Waals surface area contributed by atoms with E-state index < -0.39 is 0 Å². The molecule has 86 valence electrons. The van der Waals surface area contributed by atoms with E-state index in [1.807, 2.05) is 0 Å². The zero-order chi connectivity index (χ0) is 12.0.